The molecule has 4 aliphatic rings. The predicted octanol–water partition coefficient (Wildman–Crippen LogP) is 1.11. The number of nitrogens with zero attached hydrogens (tertiary/aromatic N) is 1. The van der Waals surface area contributed by atoms with Gasteiger partial charge >= 0.3 is 0 Å². The van der Waals surface area contributed by atoms with Crippen molar-refractivity contribution in [3.8, 4) is 0 Å². The molecule has 29 heavy (non-hydrogen) atoms. The van der Waals surface area contributed by atoms with Gasteiger partial charge in [0.1, 0.15) is 18.6 Å². The van der Waals surface area contributed by atoms with Crippen molar-refractivity contribution in [2.45, 2.75) is 88.6 Å². The molecule has 1 amide bonds. The number of fused-ring (bicyclic) bond motifs is 1. The van der Waals surface area contributed by atoms with Gasteiger partial charge in [-0.25, -0.2) is 15.2 Å². The molecule has 9 atom stereocenters. The second-order valence-corrected chi connectivity index (χ2v) is 9.94. The number of carbonyl (C=O) groups excluding carboxylic acids is 1. The highest BCUT2D eigenvalue weighted by Gasteiger charge is 2.46. The Kier molecular flexibility index (Phi) is 6.75. The van der Waals surface area contributed by atoms with Gasteiger partial charge in [0.15, 0.2) is 0 Å². The van der Waals surface area contributed by atoms with E-state index < -0.39 is 6.17 Å². The molecule has 8 heteroatoms. The number of halogens is 1. The highest BCUT2D eigenvalue weighted by Crippen LogP contribution is 2.38. The topological polar surface area (TPSA) is 77.7 Å². The normalized spacial score (nSPS) is 45.3. The van der Waals surface area contributed by atoms with Gasteiger partial charge in [-0.2, -0.15) is 0 Å². The largest absolute Gasteiger partial charge is 0.352 e. The van der Waals surface area contributed by atoms with Crippen LogP contribution in [0.2, 0.25) is 0 Å². The number of rotatable bonds is 5. The predicted molar refractivity (Wildman–Crippen MR) is 109 cm³/mol. The molecule has 7 nitrogen and oxygen atoms in total. The smallest absolute Gasteiger partial charge is 0.237 e. The van der Waals surface area contributed by atoms with Gasteiger partial charge in [-0.1, -0.05) is 13.3 Å². The van der Waals surface area contributed by atoms with E-state index in [1.165, 1.54) is 0 Å². The molecule has 166 valence electrons. The Morgan fingerprint density at radius 3 is 2.76 bits per heavy atom. The summed E-state index contributed by atoms with van der Waals surface area (Å²) in [5.41, 5.74) is 6.51. The molecule has 0 radical (unpaired) electrons. The molecule has 0 bridgehead atoms. The Hall–Kier alpha value is -0.800. The number of carbonyl (C=O) groups is 1. The van der Waals surface area contributed by atoms with Crippen LogP contribution in [-0.4, -0.2) is 68.2 Å². The third kappa shape index (κ3) is 4.93. The molecule has 0 aromatic heterocycles. The van der Waals surface area contributed by atoms with Crippen LogP contribution in [0.4, 0.5) is 4.39 Å². The van der Waals surface area contributed by atoms with Gasteiger partial charge in [-0.3, -0.25) is 4.79 Å². The fourth-order valence-electron chi connectivity index (χ4n) is 5.80. The number of hydrogen-bond acceptors (Lipinski definition) is 6. The van der Waals surface area contributed by atoms with Gasteiger partial charge < -0.3 is 20.3 Å². The van der Waals surface area contributed by atoms with E-state index in [0.29, 0.717) is 24.7 Å². The molecule has 4 N–H and O–H groups in total. The molecule has 7 unspecified atom stereocenters. The molecule has 0 spiro atoms. The zero-order valence-electron chi connectivity index (χ0n) is 18.0. The molecule has 0 aromatic rings. The highest BCUT2D eigenvalue weighted by atomic mass is 19.1. The van der Waals surface area contributed by atoms with Crippen LogP contribution in [0.3, 0.4) is 0 Å². The van der Waals surface area contributed by atoms with Gasteiger partial charge in [0.25, 0.3) is 0 Å². The molecule has 4 rings (SSSR count). The summed E-state index contributed by atoms with van der Waals surface area (Å²) in [5, 5.41) is 6.71. The Balaban J connectivity index is 1.27. The maximum Gasteiger partial charge on any atom is 0.237 e. The highest BCUT2D eigenvalue weighted by molar-refractivity contribution is 5.82. The van der Waals surface area contributed by atoms with E-state index in [1.807, 2.05) is 14.1 Å². The lowest BCUT2D eigenvalue weighted by atomic mass is 9.77. The van der Waals surface area contributed by atoms with Gasteiger partial charge in [0, 0.05) is 30.5 Å². The second-order valence-electron chi connectivity index (χ2n) is 9.94. The lowest BCUT2D eigenvalue weighted by Gasteiger charge is -2.34. The Morgan fingerprint density at radius 1 is 1.17 bits per heavy atom. The summed E-state index contributed by atoms with van der Waals surface area (Å²) >= 11 is 0. The van der Waals surface area contributed by atoms with Crippen LogP contribution in [0, 0.1) is 17.8 Å². The van der Waals surface area contributed by atoms with Crippen molar-refractivity contribution in [2.24, 2.45) is 17.8 Å². The lowest BCUT2D eigenvalue weighted by molar-refractivity contribution is -0.124. The van der Waals surface area contributed by atoms with Crippen LogP contribution in [0.15, 0.2) is 0 Å². The molecule has 2 heterocycles. The number of hydrogen-bond donors (Lipinski definition) is 4. The lowest BCUT2D eigenvalue weighted by Crippen LogP contribution is -2.50. The molecule has 2 saturated heterocycles. The summed E-state index contributed by atoms with van der Waals surface area (Å²) in [5.74, 6) is 0.859. The first-order chi connectivity index (χ1) is 13.9. The first-order valence-corrected chi connectivity index (χ1v) is 11.4. The van der Waals surface area contributed by atoms with Crippen LogP contribution < -0.4 is 21.5 Å². The summed E-state index contributed by atoms with van der Waals surface area (Å²) in [6, 6.07) is 0.0585. The monoisotopic (exact) mass is 411 g/mol. The minimum atomic E-state index is -0.770. The summed E-state index contributed by atoms with van der Waals surface area (Å²) in [7, 11) is 4.06. The van der Waals surface area contributed by atoms with E-state index in [1.54, 1.807) is 0 Å². The fourth-order valence-corrected chi connectivity index (χ4v) is 5.80. The summed E-state index contributed by atoms with van der Waals surface area (Å²) in [6.45, 7) is 2.99. The van der Waals surface area contributed by atoms with E-state index in [-0.39, 0.29) is 42.4 Å². The zero-order chi connectivity index (χ0) is 20.5. The minimum absolute atomic E-state index is 0.00774. The number of alkyl halides is 1. The van der Waals surface area contributed by atoms with Crippen LogP contribution in [0.25, 0.3) is 0 Å². The molecule has 2 aliphatic heterocycles. The molecule has 2 aliphatic carbocycles. The Bertz CT molecular complexity index is 561. The van der Waals surface area contributed by atoms with Gasteiger partial charge in [-0.05, 0) is 58.5 Å². The van der Waals surface area contributed by atoms with Gasteiger partial charge in [0.05, 0.1) is 6.04 Å². The van der Waals surface area contributed by atoms with Crippen LogP contribution in [0.5, 0.6) is 0 Å². The average molecular weight is 412 g/mol. The summed E-state index contributed by atoms with van der Waals surface area (Å²) in [6.07, 6.45) is 5.50. The first kappa shape index (κ1) is 21.4. The third-order valence-corrected chi connectivity index (χ3v) is 7.37. The number of likely N-dealkylation sites (N-methyl/N-ethyl adjacent to an activating group) is 1. The minimum Gasteiger partial charge on any atom is -0.352 e. The number of amides is 1. The van der Waals surface area contributed by atoms with Crippen molar-refractivity contribution >= 4 is 5.91 Å². The Labute approximate surface area is 173 Å². The molecule has 0 aromatic carbocycles. The van der Waals surface area contributed by atoms with Crippen LogP contribution in [0.1, 0.15) is 51.9 Å². The average Bonchev–Trinajstić information content (AvgIpc) is 3.33. The number of ether oxygens (including phenoxy) is 1. The zero-order valence-corrected chi connectivity index (χ0v) is 18.0. The quantitative estimate of drug-likeness (QED) is 0.543. The fraction of sp³-hybridized carbons (Fsp3) is 0.952. The van der Waals surface area contributed by atoms with Gasteiger partial charge in [-0.15, -0.1) is 0 Å². The standard InChI is InChI=1S/C21H38FN5O2/c1-12-7-8-16(22)15-10-17(24-19(12)15)20(28)23-14-6-4-5-13(9-14)21-26-25-18(29-21)11-27(2)3/h12-19,21,24-26H,4-11H2,1-3H3,(H,23,28)/t12?,13-,14+,15?,16?,17?,18?,19?,21?/m0/s1. The van der Waals surface area contributed by atoms with E-state index in [9.17, 15) is 9.18 Å². The maximum absolute atomic E-state index is 14.3. The second kappa shape index (κ2) is 9.14. The molecular weight excluding hydrogens is 373 g/mol. The molecular formula is C21H38FN5O2. The van der Waals surface area contributed by atoms with Crippen molar-refractivity contribution in [3.63, 3.8) is 0 Å². The van der Waals surface area contributed by atoms with Crippen molar-refractivity contribution in [2.75, 3.05) is 20.6 Å². The first-order valence-electron chi connectivity index (χ1n) is 11.4. The molecule has 2 saturated carbocycles. The van der Waals surface area contributed by atoms with Crippen molar-refractivity contribution < 1.29 is 13.9 Å². The van der Waals surface area contributed by atoms with Crippen LogP contribution >= 0.6 is 0 Å². The maximum atomic E-state index is 14.3. The van der Waals surface area contributed by atoms with Crippen molar-refractivity contribution in [3.05, 3.63) is 0 Å². The SMILES string of the molecule is CC1CCC(F)C2CC(C(=O)N[C@@H]3CCC[C@H](C4NNC(CN(C)C)O4)C3)NC12. The summed E-state index contributed by atoms with van der Waals surface area (Å²) < 4.78 is 20.5. The number of nitrogens with one attached hydrogen (secondary N) is 4. The van der Waals surface area contributed by atoms with E-state index in [4.69, 9.17) is 4.74 Å². The molecule has 4 fully saturated rings. The van der Waals surface area contributed by atoms with Crippen molar-refractivity contribution in [1.82, 2.24) is 26.4 Å². The third-order valence-electron chi connectivity index (χ3n) is 7.37. The van der Waals surface area contributed by atoms with E-state index in [2.05, 4.69) is 33.3 Å². The van der Waals surface area contributed by atoms with Gasteiger partial charge in [0.2, 0.25) is 5.91 Å². The van der Waals surface area contributed by atoms with E-state index >= 15 is 0 Å². The summed E-state index contributed by atoms with van der Waals surface area (Å²) in [4.78, 5) is 15.0. The van der Waals surface area contributed by atoms with Crippen LogP contribution in [-0.2, 0) is 9.53 Å². The Morgan fingerprint density at radius 2 is 2.00 bits per heavy atom. The van der Waals surface area contributed by atoms with E-state index in [0.717, 1.165) is 38.6 Å². The van der Waals surface area contributed by atoms with Crippen molar-refractivity contribution in [1.29, 1.82) is 0 Å². The number of hydrazine groups is 1.